The Kier molecular flexibility index (Phi) is 7.83. The lowest BCUT2D eigenvalue weighted by Crippen LogP contribution is -2.48. The monoisotopic (exact) mass is 452 g/mol. The lowest BCUT2D eigenvalue weighted by molar-refractivity contribution is 0.0596. The third-order valence-corrected chi connectivity index (χ3v) is 6.75. The van der Waals surface area contributed by atoms with Crippen molar-refractivity contribution in [2.45, 2.75) is 51.0 Å². The molecule has 7 heteroatoms. The van der Waals surface area contributed by atoms with Crippen molar-refractivity contribution in [1.29, 1.82) is 0 Å². The zero-order valence-corrected chi connectivity index (χ0v) is 18.8. The smallest absolute Gasteiger partial charge is 0.410 e. The molecule has 0 radical (unpaired) electrons. The van der Waals surface area contributed by atoms with Gasteiger partial charge in [-0.15, -0.1) is 0 Å². The molecule has 176 valence electrons. The van der Waals surface area contributed by atoms with Gasteiger partial charge in [0.25, 0.3) is 0 Å². The van der Waals surface area contributed by atoms with Gasteiger partial charge in [0.15, 0.2) is 0 Å². The quantitative estimate of drug-likeness (QED) is 0.660. The molecule has 2 aromatic rings. The lowest BCUT2D eigenvalue weighted by atomic mass is 9.78. The molecule has 2 fully saturated rings. The number of alkyl carbamates (subject to hydrolysis) is 1. The van der Waals surface area contributed by atoms with Gasteiger partial charge in [-0.3, -0.25) is 0 Å². The second kappa shape index (κ2) is 11.2. The van der Waals surface area contributed by atoms with E-state index in [0.29, 0.717) is 12.5 Å². The third-order valence-electron chi connectivity index (χ3n) is 6.75. The van der Waals surface area contributed by atoms with Crippen LogP contribution in [0.5, 0.6) is 0 Å². The van der Waals surface area contributed by atoms with Crippen LogP contribution in [0.25, 0.3) is 0 Å². The van der Waals surface area contributed by atoms with E-state index in [2.05, 4.69) is 5.32 Å². The number of fused-ring (bicyclic) bond motifs is 1. The Labute approximate surface area is 194 Å². The summed E-state index contributed by atoms with van der Waals surface area (Å²) in [7, 11) is 0. The van der Waals surface area contributed by atoms with E-state index in [1.165, 1.54) is 0 Å². The van der Waals surface area contributed by atoms with Crippen molar-refractivity contribution < 1.29 is 24.2 Å². The number of hydrogen-bond acceptors (Lipinski definition) is 5. The predicted octanol–water partition coefficient (Wildman–Crippen LogP) is 4.10. The van der Waals surface area contributed by atoms with E-state index < -0.39 is 6.09 Å². The molecular weight excluding hydrogens is 420 g/mol. The van der Waals surface area contributed by atoms with E-state index in [-0.39, 0.29) is 43.9 Å². The van der Waals surface area contributed by atoms with Crippen molar-refractivity contribution in [3.8, 4) is 0 Å². The average Bonchev–Trinajstić information content (AvgIpc) is 3.23. The van der Waals surface area contributed by atoms with E-state index in [4.69, 9.17) is 9.47 Å². The Morgan fingerprint density at radius 2 is 1.55 bits per heavy atom. The molecule has 33 heavy (non-hydrogen) atoms. The van der Waals surface area contributed by atoms with Crippen molar-refractivity contribution in [1.82, 2.24) is 10.2 Å². The minimum Gasteiger partial charge on any atom is -0.445 e. The van der Waals surface area contributed by atoms with Crippen molar-refractivity contribution in [3.05, 3.63) is 71.8 Å². The first-order valence-electron chi connectivity index (χ1n) is 11.7. The number of benzene rings is 2. The van der Waals surface area contributed by atoms with Crippen LogP contribution < -0.4 is 5.32 Å². The molecule has 0 spiro atoms. The predicted molar refractivity (Wildman–Crippen MR) is 123 cm³/mol. The standard InChI is InChI=1S/C26H32N2O5/c29-16-21-11-12-24-22(13-21)14-23(15-27-25(30)32-17-19-7-3-1-4-8-19)28(24)26(31)33-18-20-9-5-2-6-10-20/h1-10,21-24,29H,11-18H2,(H,27,30)/t21-,22+,23+,24-/m0/s1. The van der Waals surface area contributed by atoms with Crippen molar-refractivity contribution >= 4 is 12.2 Å². The van der Waals surface area contributed by atoms with Gasteiger partial charge in [0.1, 0.15) is 13.2 Å². The van der Waals surface area contributed by atoms with E-state index in [1.54, 1.807) is 0 Å². The summed E-state index contributed by atoms with van der Waals surface area (Å²) in [6.07, 6.45) is 2.54. The SMILES string of the molecule is O=C(NC[C@H]1C[C@H]2C[C@@H](CO)CC[C@@H]2N1C(=O)OCc1ccccc1)OCc1ccccc1. The van der Waals surface area contributed by atoms with Crippen LogP contribution in [0.4, 0.5) is 9.59 Å². The molecule has 0 unspecified atom stereocenters. The number of carbonyl (C=O) groups is 2. The topological polar surface area (TPSA) is 88.1 Å². The Bertz CT molecular complexity index is 907. The van der Waals surface area contributed by atoms with E-state index in [0.717, 1.165) is 36.8 Å². The average molecular weight is 453 g/mol. The lowest BCUT2D eigenvalue weighted by Gasteiger charge is -2.35. The number of ether oxygens (including phenoxy) is 2. The van der Waals surface area contributed by atoms with Crippen molar-refractivity contribution in [2.75, 3.05) is 13.2 Å². The molecule has 2 aromatic carbocycles. The Morgan fingerprint density at radius 1 is 0.909 bits per heavy atom. The number of hydrogen-bond donors (Lipinski definition) is 2. The maximum Gasteiger partial charge on any atom is 0.410 e. The largest absolute Gasteiger partial charge is 0.445 e. The van der Waals surface area contributed by atoms with Gasteiger partial charge in [-0.1, -0.05) is 60.7 Å². The highest BCUT2D eigenvalue weighted by molar-refractivity contribution is 5.70. The first-order valence-corrected chi connectivity index (χ1v) is 11.7. The van der Waals surface area contributed by atoms with Gasteiger partial charge in [-0.2, -0.15) is 0 Å². The third kappa shape index (κ3) is 6.05. The van der Waals surface area contributed by atoms with Crippen molar-refractivity contribution in [3.63, 3.8) is 0 Å². The molecule has 4 atom stereocenters. The minimum atomic E-state index is -0.500. The normalized spacial score (nSPS) is 24.1. The second-order valence-corrected chi connectivity index (χ2v) is 8.97. The van der Waals surface area contributed by atoms with Crippen LogP contribution >= 0.6 is 0 Å². The van der Waals surface area contributed by atoms with Gasteiger partial charge in [0, 0.05) is 19.2 Å². The van der Waals surface area contributed by atoms with E-state index in [1.807, 2.05) is 65.6 Å². The molecule has 7 nitrogen and oxygen atoms in total. The summed E-state index contributed by atoms with van der Waals surface area (Å²) in [5.74, 6) is 0.573. The number of aliphatic hydroxyl groups is 1. The van der Waals surface area contributed by atoms with Crippen LogP contribution in [0.3, 0.4) is 0 Å². The summed E-state index contributed by atoms with van der Waals surface area (Å²) in [6, 6.07) is 19.0. The summed E-state index contributed by atoms with van der Waals surface area (Å²) < 4.78 is 11.0. The number of aliphatic hydroxyl groups excluding tert-OH is 1. The summed E-state index contributed by atoms with van der Waals surface area (Å²) in [4.78, 5) is 27.2. The number of nitrogens with zero attached hydrogens (tertiary/aromatic N) is 1. The molecule has 4 rings (SSSR count). The fraction of sp³-hybridized carbons (Fsp3) is 0.462. The Balaban J connectivity index is 1.35. The van der Waals surface area contributed by atoms with Crippen LogP contribution in [0.2, 0.25) is 0 Å². The Morgan fingerprint density at radius 3 is 2.18 bits per heavy atom. The number of nitrogens with one attached hydrogen (secondary N) is 1. The highest BCUT2D eigenvalue weighted by Gasteiger charge is 2.47. The van der Waals surface area contributed by atoms with Crippen LogP contribution in [-0.2, 0) is 22.7 Å². The molecule has 1 aliphatic carbocycles. The van der Waals surface area contributed by atoms with E-state index in [9.17, 15) is 14.7 Å². The fourth-order valence-electron chi connectivity index (χ4n) is 5.10. The van der Waals surface area contributed by atoms with Crippen LogP contribution in [0.1, 0.15) is 36.8 Å². The maximum atomic E-state index is 13.1. The molecule has 0 aromatic heterocycles. The highest BCUT2D eigenvalue weighted by atomic mass is 16.6. The first-order chi connectivity index (χ1) is 16.1. The first kappa shape index (κ1) is 23.1. The molecule has 1 saturated heterocycles. The minimum absolute atomic E-state index is 0.0724. The molecule has 2 amide bonds. The van der Waals surface area contributed by atoms with Gasteiger partial charge >= 0.3 is 12.2 Å². The molecule has 0 bridgehead atoms. The molecule has 2 aliphatic rings. The number of rotatable bonds is 7. The summed E-state index contributed by atoms with van der Waals surface area (Å²) in [5, 5.41) is 12.4. The zero-order valence-electron chi connectivity index (χ0n) is 18.8. The fourth-order valence-corrected chi connectivity index (χ4v) is 5.10. The zero-order chi connectivity index (χ0) is 23.0. The van der Waals surface area contributed by atoms with Gasteiger partial charge in [-0.05, 0) is 48.6 Å². The summed E-state index contributed by atoms with van der Waals surface area (Å²) in [6.45, 7) is 0.900. The van der Waals surface area contributed by atoms with Gasteiger partial charge in [0.05, 0.1) is 6.04 Å². The number of amides is 2. The molecule has 1 heterocycles. The van der Waals surface area contributed by atoms with Crippen molar-refractivity contribution in [2.24, 2.45) is 11.8 Å². The van der Waals surface area contributed by atoms with Gasteiger partial charge in [-0.25, -0.2) is 9.59 Å². The molecule has 1 aliphatic heterocycles. The maximum absolute atomic E-state index is 13.1. The summed E-state index contributed by atoms with van der Waals surface area (Å²) >= 11 is 0. The molecular formula is C26H32N2O5. The van der Waals surface area contributed by atoms with Crippen LogP contribution in [0.15, 0.2) is 60.7 Å². The molecule has 1 saturated carbocycles. The summed E-state index contributed by atoms with van der Waals surface area (Å²) in [5.41, 5.74) is 1.85. The van der Waals surface area contributed by atoms with E-state index >= 15 is 0 Å². The van der Waals surface area contributed by atoms with Gasteiger partial charge in [0.2, 0.25) is 0 Å². The number of likely N-dealkylation sites (tertiary alicyclic amines) is 1. The molecule has 2 N–H and O–H groups in total. The Hall–Kier alpha value is -3.06. The van der Waals surface area contributed by atoms with Gasteiger partial charge < -0.3 is 24.8 Å². The van der Waals surface area contributed by atoms with Crippen LogP contribution in [0, 0.1) is 11.8 Å². The van der Waals surface area contributed by atoms with Crippen LogP contribution in [-0.4, -0.2) is 47.4 Å². The second-order valence-electron chi connectivity index (χ2n) is 8.97. The highest BCUT2D eigenvalue weighted by Crippen LogP contribution is 2.42. The number of carbonyl (C=O) groups excluding carboxylic acids is 2.